The van der Waals surface area contributed by atoms with Gasteiger partial charge in [-0.1, -0.05) is 24.3 Å². The average molecular weight is 282 g/mol. The number of Topliss-reactive ketones (excluding diaryl/α,β-unsaturated/α-hetero) is 1. The van der Waals surface area contributed by atoms with E-state index in [4.69, 9.17) is 0 Å². The number of rotatable bonds is 3. The molecule has 0 N–H and O–H groups in total. The minimum atomic E-state index is -4.43. The van der Waals surface area contributed by atoms with Crippen molar-refractivity contribution in [2.75, 3.05) is 0 Å². The summed E-state index contributed by atoms with van der Waals surface area (Å²) in [6, 6.07) is 7.37. The first-order chi connectivity index (χ1) is 9.32. The first-order valence-corrected chi connectivity index (χ1v) is 6.09. The normalized spacial score (nSPS) is 11.7. The summed E-state index contributed by atoms with van der Waals surface area (Å²) < 4.78 is 39.4. The molecule has 2 aromatic rings. The Kier molecular flexibility index (Phi) is 3.65. The Bertz CT molecular complexity index is 627. The number of aryl methyl sites for hydroxylation is 1. The second-order valence-corrected chi connectivity index (χ2v) is 4.36. The molecule has 20 heavy (non-hydrogen) atoms. The number of hydrogen-bond donors (Lipinski definition) is 0. The number of ketones is 1. The number of carbonyl (C=O) groups is 1. The van der Waals surface area contributed by atoms with Crippen LogP contribution in [0.4, 0.5) is 13.2 Å². The lowest BCUT2D eigenvalue weighted by molar-refractivity contribution is -0.144. The zero-order valence-corrected chi connectivity index (χ0v) is 11.0. The highest BCUT2D eigenvalue weighted by Crippen LogP contribution is 2.32. The molecule has 0 fully saturated rings. The molecule has 1 aromatic heterocycles. The Morgan fingerprint density at radius 2 is 1.85 bits per heavy atom. The van der Waals surface area contributed by atoms with Gasteiger partial charge in [0.05, 0.1) is 5.69 Å². The largest absolute Gasteiger partial charge is 0.433 e. The van der Waals surface area contributed by atoms with Crippen molar-refractivity contribution in [2.45, 2.75) is 26.6 Å². The second kappa shape index (κ2) is 5.11. The lowest BCUT2D eigenvalue weighted by Crippen LogP contribution is -2.13. The van der Waals surface area contributed by atoms with Crippen molar-refractivity contribution in [1.82, 2.24) is 9.78 Å². The van der Waals surface area contributed by atoms with Crippen LogP contribution in [0.25, 0.3) is 11.3 Å². The van der Waals surface area contributed by atoms with Crippen molar-refractivity contribution in [3.63, 3.8) is 0 Å². The predicted octanol–water partition coefficient (Wildman–Crippen LogP) is 3.79. The molecule has 0 saturated heterocycles. The molecular weight excluding hydrogens is 269 g/mol. The van der Waals surface area contributed by atoms with Crippen molar-refractivity contribution >= 4 is 5.78 Å². The van der Waals surface area contributed by atoms with E-state index in [9.17, 15) is 18.0 Å². The fourth-order valence-corrected chi connectivity index (χ4v) is 1.90. The maximum Gasteiger partial charge on any atom is 0.433 e. The quantitative estimate of drug-likeness (QED) is 0.803. The fourth-order valence-electron chi connectivity index (χ4n) is 1.90. The average Bonchev–Trinajstić information content (AvgIpc) is 2.83. The van der Waals surface area contributed by atoms with Gasteiger partial charge in [-0.3, -0.25) is 9.48 Å². The van der Waals surface area contributed by atoms with Gasteiger partial charge in [0.15, 0.2) is 5.78 Å². The fraction of sp³-hybridized carbons (Fsp3) is 0.286. The molecule has 0 unspecified atom stereocenters. The number of nitrogens with zero attached hydrogens (tertiary/aromatic N) is 2. The molecule has 0 aliphatic rings. The third-order valence-electron chi connectivity index (χ3n) is 2.96. The zero-order valence-electron chi connectivity index (χ0n) is 11.0. The number of carbonyl (C=O) groups excluding carboxylic acids is 1. The topological polar surface area (TPSA) is 34.9 Å². The van der Waals surface area contributed by atoms with Crippen LogP contribution in [0.3, 0.4) is 0 Å². The van der Waals surface area contributed by atoms with E-state index >= 15 is 0 Å². The molecule has 0 aliphatic heterocycles. The van der Waals surface area contributed by atoms with Gasteiger partial charge in [0.1, 0.15) is 5.69 Å². The maximum atomic E-state index is 12.8. The van der Waals surface area contributed by atoms with E-state index in [2.05, 4.69) is 5.10 Å². The van der Waals surface area contributed by atoms with Gasteiger partial charge in [0.2, 0.25) is 0 Å². The third-order valence-corrected chi connectivity index (χ3v) is 2.96. The summed E-state index contributed by atoms with van der Waals surface area (Å²) in [6.45, 7) is 3.17. The molecule has 1 heterocycles. The van der Waals surface area contributed by atoms with E-state index in [1.807, 2.05) is 0 Å². The first kappa shape index (κ1) is 14.3. The molecule has 0 saturated carbocycles. The van der Waals surface area contributed by atoms with Gasteiger partial charge in [-0.05, 0) is 19.9 Å². The molecule has 6 heteroatoms. The molecule has 106 valence electrons. The zero-order chi connectivity index (χ0) is 14.9. The minimum absolute atomic E-state index is 0.0911. The smallest absolute Gasteiger partial charge is 0.295 e. The van der Waals surface area contributed by atoms with Crippen LogP contribution >= 0.6 is 0 Å². The highest BCUT2D eigenvalue weighted by Gasteiger charge is 2.35. The van der Waals surface area contributed by atoms with Gasteiger partial charge >= 0.3 is 6.18 Å². The summed E-state index contributed by atoms with van der Waals surface area (Å²) in [7, 11) is 0. The van der Waals surface area contributed by atoms with Crippen molar-refractivity contribution in [1.29, 1.82) is 0 Å². The van der Waals surface area contributed by atoms with E-state index in [1.165, 1.54) is 6.92 Å². The Balaban J connectivity index is 2.43. The molecule has 0 spiro atoms. The second-order valence-electron chi connectivity index (χ2n) is 4.36. The van der Waals surface area contributed by atoms with E-state index in [0.717, 1.165) is 10.7 Å². The van der Waals surface area contributed by atoms with Crippen LogP contribution in [0, 0.1) is 0 Å². The number of halogens is 3. The monoisotopic (exact) mass is 282 g/mol. The molecule has 3 nitrogen and oxygen atoms in total. The molecule has 0 amide bonds. The Hall–Kier alpha value is -2.11. The standard InChI is InChI=1S/C14H13F3N2O/c1-3-19-13(14(15,16)17)8-12(18-19)11-6-4-10(5-7-11)9(2)20/h4-8H,3H2,1-2H3. The Morgan fingerprint density at radius 3 is 2.25 bits per heavy atom. The lowest BCUT2D eigenvalue weighted by atomic mass is 10.1. The number of benzene rings is 1. The molecule has 1 aromatic carbocycles. The molecule has 0 bridgehead atoms. The summed E-state index contributed by atoms with van der Waals surface area (Å²) in [5.74, 6) is -0.0911. The summed E-state index contributed by atoms with van der Waals surface area (Å²) in [6.07, 6.45) is -4.43. The van der Waals surface area contributed by atoms with Gasteiger partial charge in [-0.2, -0.15) is 18.3 Å². The van der Waals surface area contributed by atoms with E-state index in [1.54, 1.807) is 31.2 Å². The van der Waals surface area contributed by atoms with Crippen LogP contribution in [0.15, 0.2) is 30.3 Å². The highest BCUT2D eigenvalue weighted by molar-refractivity contribution is 5.94. The SMILES string of the molecule is CCn1nc(-c2ccc(C(C)=O)cc2)cc1C(F)(F)F. The maximum absolute atomic E-state index is 12.8. The van der Waals surface area contributed by atoms with E-state index in [-0.39, 0.29) is 18.0 Å². The van der Waals surface area contributed by atoms with E-state index in [0.29, 0.717) is 11.1 Å². The van der Waals surface area contributed by atoms with Crippen molar-refractivity contribution in [3.8, 4) is 11.3 Å². The molecule has 2 rings (SSSR count). The van der Waals surface area contributed by atoms with Gasteiger partial charge in [-0.15, -0.1) is 0 Å². The number of hydrogen-bond acceptors (Lipinski definition) is 2. The highest BCUT2D eigenvalue weighted by atomic mass is 19.4. The third kappa shape index (κ3) is 2.74. The van der Waals surface area contributed by atoms with Crippen LogP contribution in [0.2, 0.25) is 0 Å². The minimum Gasteiger partial charge on any atom is -0.295 e. The Labute approximate surface area is 114 Å². The Morgan fingerprint density at radius 1 is 1.25 bits per heavy atom. The summed E-state index contributed by atoms with van der Waals surface area (Å²) in [5, 5.41) is 3.95. The van der Waals surface area contributed by atoms with Crippen molar-refractivity contribution < 1.29 is 18.0 Å². The van der Waals surface area contributed by atoms with Crippen LogP contribution in [0.5, 0.6) is 0 Å². The summed E-state index contributed by atoms with van der Waals surface area (Å²) in [4.78, 5) is 11.2. The predicted molar refractivity (Wildman–Crippen MR) is 68.3 cm³/mol. The number of aromatic nitrogens is 2. The summed E-state index contributed by atoms with van der Waals surface area (Å²) >= 11 is 0. The van der Waals surface area contributed by atoms with Gasteiger partial charge in [-0.25, -0.2) is 0 Å². The van der Waals surface area contributed by atoms with Gasteiger partial charge in [0, 0.05) is 17.7 Å². The molecule has 0 radical (unpaired) electrons. The molecular formula is C14H13F3N2O. The van der Waals surface area contributed by atoms with E-state index < -0.39 is 11.9 Å². The first-order valence-electron chi connectivity index (χ1n) is 6.09. The van der Waals surface area contributed by atoms with Crippen molar-refractivity contribution in [2.24, 2.45) is 0 Å². The lowest BCUT2D eigenvalue weighted by Gasteiger charge is -2.07. The van der Waals surface area contributed by atoms with Gasteiger partial charge < -0.3 is 0 Å². The van der Waals surface area contributed by atoms with Crippen LogP contribution in [0.1, 0.15) is 29.9 Å². The molecule has 0 aliphatic carbocycles. The number of alkyl halides is 3. The summed E-state index contributed by atoms with van der Waals surface area (Å²) in [5.41, 5.74) is 0.535. The van der Waals surface area contributed by atoms with Crippen LogP contribution in [-0.4, -0.2) is 15.6 Å². The van der Waals surface area contributed by atoms with Gasteiger partial charge in [0.25, 0.3) is 0 Å². The van der Waals surface area contributed by atoms with Crippen molar-refractivity contribution in [3.05, 3.63) is 41.6 Å². The van der Waals surface area contributed by atoms with Crippen LogP contribution < -0.4 is 0 Å². The molecule has 0 atom stereocenters. The van der Waals surface area contributed by atoms with Crippen LogP contribution in [-0.2, 0) is 12.7 Å².